The van der Waals surface area contributed by atoms with Crippen molar-refractivity contribution in [3.8, 4) is 17.3 Å². The predicted octanol–water partition coefficient (Wildman–Crippen LogP) is 2.96. The van der Waals surface area contributed by atoms with Gasteiger partial charge in [-0.05, 0) is 30.0 Å². The van der Waals surface area contributed by atoms with Crippen molar-refractivity contribution >= 4 is 5.82 Å². The van der Waals surface area contributed by atoms with Crippen LogP contribution in [0.4, 0.5) is 5.82 Å². The minimum absolute atomic E-state index is 0.510. The predicted molar refractivity (Wildman–Crippen MR) is 83.5 cm³/mol. The fraction of sp³-hybridized carbons (Fsp3) is 0.294. The van der Waals surface area contributed by atoms with Crippen LogP contribution in [0.15, 0.2) is 48.7 Å². The van der Waals surface area contributed by atoms with Gasteiger partial charge in [0.05, 0.1) is 0 Å². The zero-order valence-corrected chi connectivity index (χ0v) is 11.9. The maximum Gasteiger partial charge on any atom is 0.179 e. The molecule has 0 saturated carbocycles. The normalized spacial score (nSPS) is 17.5. The molecule has 1 fully saturated rings. The maximum atomic E-state index is 8.91. The van der Waals surface area contributed by atoms with Gasteiger partial charge in [0.2, 0.25) is 0 Å². The van der Waals surface area contributed by atoms with Crippen LogP contribution in [-0.2, 0) is 0 Å². The van der Waals surface area contributed by atoms with Gasteiger partial charge in [0.25, 0.3) is 0 Å². The van der Waals surface area contributed by atoms with Crippen molar-refractivity contribution in [3.63, 3.8) is 0 Å². The number of hydrogen-bond donors (Lipinski definition) is 1. The lowest BCUT2D eigenvalue weighted by Gasteiger charge is -2.14. The summed E-state index contributed by atoms with van der Waals surface area (Å²) in [7, 11) is 0. The number of rotatable bonds is 4. The molecule has 1 aromatic carbocycles. The van der Waals surface area contributed by atoms with Crippen molar-refractivity contribution < 1.29 is 0 Å². The number of aromatic nitrogens is 1. The molecule has 0 radical (unpaired) electrons. The molecule has 0 amide bonds. The average molecular weight is 278 g/mol. The second-order valence-corrected chi connectivity index (χ2v) is 5.35. The van der Waals surface area contributed by atoms with Crippen LogP contribution in [-0.4, -0.2) is 29.5 Å². The molecule has 4 heteroatoms. The van der Waals surface area contributed by atoms with Gasteiger partial charge in [-0.2, -0.15) is 5.26 Å². The van der Waals surface area contributed by atoms with Crippen molar-refractivity contribution in [2.45, 2.75) is 6.42 Å². The highest BCUT2D eigenvalue weighted by Gasteiger charge is 2.21. The lowest BCUT2D eigenvalue weighted by molar-refractivity contribution is 0.460. The molecular formula is C17H18N4. The molecule has 0 bridgehead atoms. The molecule has 1 atom stereocenters. The number of nitrogens with zero attached hydrogens (tertiary/aromatic N) is 3. The molecule has 21 heavy (non-hydrogen) atoms. The van der Waals surface area contributed by atoms with Crippen LogP contribution < -0.4 is 5.32 Å². The lowest BCUT2D eigenvalue weighted by Crippen LogP contribution is -2.19. The number of benzene rings is 1. The molecule has 0 spiro atoms. The van der Waals surface area contributed by atoms with Crippen LogP contribution in [0.2, 0.25) is 0 Å². The largest absolute Gasteiger partial charge is 0.369 e. The Morgan fingerprint density at radius 1 is 1.24 bits per heavy atom. The molecule has 1 aromatic heterocycles. The highest BCUT2D eigenvalue weighted by Crippen LogP contribution is 2.26. The van der Waals surface area contributed by atoms with Crippen molar-refractivity contribution in [2.75, 3.05) is 25.0 Å². The smallest absolute Gasteiger partial charge is 0.179 e. The minimum atomic E-state index is 0.510. The standard InChI is InChI=1S/C17H18N4/c18-13-21-10-8-14(12-21)11-20-17-16(7-4-9-19-17)15-5-2-1-3-6-15/h1-7,9,14H,8,10-12H2,(H,19,20). The first-order valence-electron chi connectivity index (χ1n) is 7.26. The summed E-state index contributed by atoms with van der Waals surface area (Å²) in [5.74, 6) is 1.43. The van der Waals surface area contributed by atoms with E-state index in [2.05, 4.69) is 34.7 Å². The second kappa shape index (κ2) is 6.27. The Balaban J connectivity index is 1.71. The lowest BCUT2D eigenvalue weighted by atomic mass is 10.1. The topological polar surface area (TPSA) is 52.0 Å². The highest BCUT2D eigenvalue weighted by molar-refractivity contribution is 5.74. The van der Waals surface area contributed by atoms with Crippen LogP contribution in [0, 0.1) is 17.4 Å². The highest BCUT2D eigenvalue weighted by atomic mass is 15.1. The summed E-state index contributed by atoms with van der Waals surface area (Å²) in [5, 5.41) is 12.4. The maximum absolute atomic E-state index is 8.91. The van der Waals surface area contributed by atoms with Gasteiger partial charge in [-0.15, -0.1) is 0 Å². The Labute approximate surface area is 125 Å². The van der Waals surface area contributed by atoms with E-state index >= 15 is 0 Å². The molecule has 106 valence electrons. The number of likely N-dealkylation sites (tertiary alicyclic amines) is 1. The summed E-state index contributed by atoms with van der Waals surface area (Å²) < 4.78 is 0. The number of nitriles is 1. The van der Waals surface area contributed by atoms with Gasteiger partial charge in [0, 0.05) is 31.4 Å². The Morgan fingerprint density at radius 2 is 2.10 bits per heavy atom. The Hall–Kier alpha value is -2.54. The summed E-state index contributed by atoms with van der Waals surface area (Å²) in [4.78, 5) is 6.29. The van der Waals surface area contributed by atoms with Gasteiger partial charge in [-0.3, -0.25) is 0 Å². The monoisotopic (exact) mass is 278 g/mol. The fourth-order valence-electron chi connectivity index (χ4n) is 2.73. The van der Waals surface area contributed by atoms with E-state index in [1.165, 1.54) is 0 Å². The third-order valence-corrected chi connectivity index (χ3v) is 3.88. The van der Waals surface area contributed by atoms with Crippen molar-refractivity contribution in [3.05, 3.63) is 48.7 Å². The quantitative estimate of drug-likeness (QED) is 0.874. The SMILES string of the molecule is N#CN1CCC(CNc2ncccc2-c2ccccc2)C1. The minimum Gasteiger partial charge on any atom is -0.369 e. The van der Waals surface area contributed by atoms with E-state index < -0.39 is 0 Å². The molecule has 4 nitrogen and oxygen atoms in total. The molecule has 3 rings (SSSR count). The van der Waals surface area contributed by atoms with E-state index in [4.69, 9.17) is 5.26 Å². The molecule has 1 saturated heterocycles. The zero-order chi connectivity index (χ0) is 14.5. The van der Waals surface area contributed by atoms with Gasteiger partial charge in [-0.1, -0.05) is 30.3 Å². The number of anilines is 1. The summed E-state index contributed by atoms with van der Waals surface area (Å²) in [6.07, 6.45) is 5.09. The van der Waals surface area contributed by atoms with Crippen molar-refractivity contribution in [1.82, 2.24) is 9.88 Å². The van der Waals surface area contributed by atoms with E-state index in [1.807, 2.05) is 35.4 Å². The van der Waals surface area contributed by atoms with Crippen LogP contribution >= 0.6 is 0 Å². The summed E-state index contributed by atoms with van der Waals surface area (Å²) >= 11 is 0. The van der Waals surface area contributed by atoms with Crippen LogP contribution in [0.5, 0.6) is 0 Å². The molecule has 2 heterocycles. The molecule has 1 unspecified atom stereocenters. The zero-order valence-electron chi connectivity index (χ0n) is 11.9. The fourth-order valence-corrected chi connectivity index (χ4v) is 2.73. The van der Waals surface area contributed by atoms with Gasteiger partial charge in [0.1, 0.15) is 5.82 Å². The average Bonchev–Trinajstić information content (AvgIpc) is 3.02. The molecule has 1 N–H and O–H groups in total. The first-order chi connectivity index (χ1) is 10.4. The summed E-state index contributed by atoms with van der Waals surface area (Å²) in [6.45, 7) is 2.57. The first kappa shape index (κ1) is 13.4. The molecule has 2 aromatic rings. The third-order valence-electron chi connectivity index (χ3n) is 3.88. The summed E-state index contributed by atoms with van der Waals surface area (Å²) in [5.41, 5.74) is 2.28. The van der Waals surface area contributed by atoms with Crippen molar-refractivity contribution in [1.29, 1.82) is 5.26 Å². The Morgan fingerprint density at radius 3 is 2.86 bits per heavy atom. The molecule has 1 aliphatic rings. The van der Waals surface area contributed by atoms with E-state index in [-0.39, 0.29) is 0 Å². The van der Waals surface area contributed by atoms with Crippen molar-refractivity contribution in [2.24, 2.45) is 5.92 Å². The number of hydrogen-bond acceptors (Lipinski definition) is 4. The van der Waals surface area contributed by atoms with Gasteiger partial charge in [-0.25, -0.2) is 4.98 Å². The Bertz CT molecular complexity index is 633. The van der Waals surface area contributed by atoms with E-state index in [0.717, 1.165) is 43.0 Å². The number of nitrogens with one attached hydrogen (secondary N) is 1. The number of pyridine rings is 1. The molecule has 0 aliphatic carbocycles. The Kier molecular flexibility index (Phi) is 4.02. The van der Waals surface area contributed by atoms with E-state index in [0.29, 0.717) is 5.92 Å². The third kappa shape index (κ3) is 3.14. The van der Waals surface area contributed by atoms with Gasteiger partial charge >= 0.3 is 0 Å². The molecule has 1 aliphatic heterocycles. The van der Waals surface area contributed by atoms with E-state index in [1.54, 1.807) is 0 Å². The van der Waals surface area contributed by atoms with Crippen LogP contribution in [0.1, 0.15) is 6.42 Å². The van der Waals surface area contributed by atoms with Crippen LogP contribution in [0.25, 0.3) is 11.1 Å². The van der Waals surface area contributed by atoms with Gasteiger partial charge in [0.15, 0.2) is 6.19 Å². The second-order valence-electron chi connectivity index (χ2n) is 5.35. The first-order valence-corrected chi connectivity index (χ1v) is 7.26. The van der Waals surface area contributed by atoms with Gasteiger partial charge < -0.3 is 10.2 Å². The molecular weight excluding hydrogens is 260 g/mol. The van der Waals surface area contributed by atoms with Crippen LogP contribution in [0.3, 0.4) is 0 Å². The summed E-state index contributed by atoms with van der Waals surface area (Å²) in [6, 6.07) is 14.3. The van der Waals surface area contributed by atoms with E-state index in [9.17, 15) is 0 Å².